The fraction of sp³-hybridized carbons (Fsp3) is 0.300. The number of nitrogens with one attached hydrogen (secondary N) is 1. The van der Waals surface area contributed by atoms with Crippen molar-refractivity contribution in [2.75, 3.05) is 32.7 Å². The van der Waals surface area contributed by atoms with Crippen LogP contribution < -0.4 is 5.32 Å². The van der Waals surface area contributed by atoms with Gasteiger partial charge in [-0.25, -0.2) is 0 Å². The Morgan fingerprint density at radius 1 is 1.08 bits per heavy atom. The lowest BCUT2D eigenvalue weighted by atomic mass is 10.0. The van der Waals surface area contributed by atoms with Crippen LogP contribution in [0.2, 0.25) is 5.02 Å². The number of likely N-dealkylation sites (tertiary alicyclic amines) is 1. The number of amides is 2. The van der Waals surface area contributed by atoms with Gasteiger partial charge in [-0.3, -0.25) is 14.5 Å². The molecule has 0 bridgehead atoms. The number of nitrogens with zero attached hydrogens (tertiary/aromatic N) is 2. The average Bonchev–Trinajstić information content (AvgIpc) is 2.61. The van der Waals surface area contributed by atoms with Crippen molar-refractivity contribution in [1.82, 2.24) is 15.1 Å². The maximum atomic E-state index is 12.6. The Hall–Kier alpha value is -2.37. The molecule has 0 aliphatic carbocycles. The highest BCUT2D eigenvalue weighted by Gasteiger charge is 2.36. The van der Waals surface area contributed by atoms with Crippen LogP contribution in [0.25, 0.3) is 11.1 Å². The molecule has 5 nitrogen and oxygen atoms in total. The van der Waals surface area contributed by atoms with Gasteiger partial charge in [0.2, 0.25) is 5.91 Å². The number of hydrogen-bond donors (Lipinski definition) is 1. The summed E-state index contributed by atoms with van der Waals surface area (Å²) in [5.41, 5.74) is 2.75. The van der Waals surface area contributed by atoms with Crippen LogP contribution in [0, 0.1) is 0 Å². The highest BCUT2D eigenvalue weighted by molar-refractivity contribution is 6.30. The van der Waals surface area contributed by atoms with Crippen molar-refractivity contribution in [3.8, 4) is 11.1 Å². The lowest BCUT2D eigenvalue weighted by Crippen LogP contribution is -2.64. The molecule has 6 heteroatoms. The second-order valence-corrected chi connectivity index (χ2v) is 7.21. The molecule has 0 spiro atoms. The lowest BCUT2D eigenvalue weighted by Gasteiger charge is -2.46. The van der Waals surface area contributed by atoms with Crippen molar-refractivity contribution in [3.63, 3.8) is 0 Å². The Kier molecular flexibility index (Phi) is 4.66. The van der Waals surface area contributed by atoms with Gasteiger partial charge in [0.1, 0.15) is 0 Å². The van der Waals surface area contributed by atoms with E-state index < -0.39 is 0 Å². The van der Waals surface area contributed by atoms with Crippen LogP contribution in [0.15, 0.2) is 48.5 Å². The first-order valence-electron chi connectivity index (χ1n) is 8.76. The van der Waals surface area contributed by atoms with Crippen molar-refractivity contribution in [1.29, 1.82) is 0 Å². The molecule has 0 radical (unpaired) electrons. The summed E-state index contributed by atoms with van der Waals surface area (Å²) in [7, 11) is 0. The molecule has 134 valence electrons. The molecule has 2 fully saturated rings. The predicted octanol–water partition coefficient (Wildman–Crippen LogP) is 2.26. The number of rotatable bonds is 3. The molecular formula is C20H20ClN3O2. The smallest absolute Gasteiger partial charge is 0.253 e. The van der Waals surface area contributed by atoms with Crippen LogP contribution in [0.1, 0.15) is 10.4 Å². The summed E-state index contributed by atoms with van der Waals surface area (Å²) < 4.78 is 0. The number of hydrogen-bond acceptors (Lipinski definition) is 3. The van der Waals surface area contributed by atoms with Gasteiger partial charge in [0, 0.05) is 42.8 Å². The van der Waals surface area contributed by atoms with Crippen LogP contribution >= 0.6 is 11.6 Å². The van der Waals surface area contributed by atoms with Gasteiger partial charge in [-0.15, -0.1) is 0 Å². The van der Waals surface area contributed by atoms with Gasteiger partial charge in [-0.05, 0) is 35.4 Å². The molecule has 2 saturated heterocycles. The first-order valence-corrected chi connectivity index (χ1v) is 9.14. The van der Waals surface area contributed by atoms with Crippen molar-refractivity contribution in [2.24, 2.45) is 0 Å². The van der Waals surface area contributed by atoms with E-state index in [-0.39, 0.29) is 17.9 Å². The molecular weight excluding hydrogens is 350 g/mol. The monoisotopic (exact) mass is 369 g/mol. The number of halogens is 1. The molecule has 2 heterocycles. The van der Waals surface area contributed by atoms with Crippen LogP contribution in [-0.2, 0) is 4.79 Å². The molecule has 26 heavy (non-hydrogen) atoms. The summed E-state index contributed by atoms with van der Waals surface area (Å²) >= 11 is 6.04. The highest BCUT2D eigenvalue weighted by atomic mass is 35.5. The molecule has 4 rings (SSSR count). The molecule has 0 unspecified atom stereocenters. The molecule has 2 aromatic rings. The van der Waals surface area contributed by atoms with Crippen molar-refractivity contribution < 1.29 is 9.59 Å². The number of benzene rings is 2. The fourth-order valence-electron chi connectivity index (χ4n) is 3.48. The summed E-state index contributed by atoms with van der Waals surface area (Å²) in [5, 5.41) is 3.52. The van der Waals surface area contributed by atoms with Gasteiger partial charge < -0.3 is 10.2 Å². The molecule has 2 aliphatic heterocycles. The molecule has 0 atom stereocenters. The predicted molar refractivity (Wildman–Crippen MR) is 101 cm³/mol. The second kappa shape index (κ2) is 7.09. The Labute approximate surface area is 157 Å². The standard InChI is InChI=1S/C20H20ClN3O2/c21-17-3-1-2-16(10-17)14-4-6-15(7-5-14)20(26)24-11-18(12-24)23-9-8-22-19(25)13-23/h1-7,10,18H,8-9,11-13H2,(H,22,25). The number of carbonyl (C=O) groups excluding carboxylic acids is 2. The summed E-state index contributed by atoms with van der Waals surface area (Å²) in [6.07, 6.45) is 0. The van der Waals surface area contributed by atoms with E-state index in [1.807, 2.05) is 53.4 Å². The average molecular weight is 370 g/mol. The van der Waals surface area contributed by atoms with Crippen molar-refractivity contribution in [3.05, 3.63) is 59.1 Å². The lowest BCUT2D eigenvalue weighted by molar-refractivity contribution is -0.126. The van der Waals surface area contributed by atoms with E-state index in [1.54, 1.807) is 0 Å². The fourth-order valence-corrected chi connectivity index (χ4v) is 3.67. The van der Waals surface area contributed by atoms with E-state index >= 15 is 0 Å². The third-order valence-corrected chi connectivity index (χ3v) is 5.26. The molecule has 0 aromatic heterocycles. The van der Waals surface area contributed by atoms with Gasteiger partial charge >= 0.3 is 0 Å². The largest absolute Gasteiger partial charge is 0.354 e. The van der Waals surface area contributed by atoms with E-state index in [2.05, 4.69) is 10.2 Å². The maximum Gasteiger partial charge on any atom is 0.253 e. The number of piperazine rings is 1. The molecule has 2 aromatic carbocycles. The van der Waals surface area contributed by atoms with Gasteiger partial charge in [0.15, 0.2) is 0 Å². The Morgan fingerprint density at radius 3 is 2.54 bits per heavy atom. The third-order valence-electron chi connectivity index (χ3n) is 5.02. The van der Waals surface area contributed by atoms with E-state index in [4.69, 9.17) is 11.6 Å². The Balaban J connectivity index is 1.38. The molecule has 0 saturated carbocycles. The van der Waals surface area contributed by atoms with Crippen LogP contribution in [0.4, 0.5) is 0 Å². The Morgan fingerprint density at radius 2 is 1.85 bits per heavy atom. The van der Waals surface area contributed by atoms with Crippen LogP contribution in [0.3, 0.4) is 0 Å². The zero-order chi connectivity index (χ0) is 18.1. The zero-order valence-electron chi connectivity index (χ0n) is 14.3. The molecule has 2 aliphatic rings. The van der Waals surface area contributed by atoms with E-state index in [0.717, 1.165) is 17.7 Å². The van der Waals surface area contributed by atoms with Gasteiger partial charge in [-0.2, -0.15) is 0 Å². The minimum atomic E-state index is 0.0420. The van der Waals surface area contributed by atoms with Crippen molar-refractivity contribution in [2.45, 2.75) is 6.04 Å². The normalized spacial score (nSPS) is 18.3. The Bertz CT molecular complexity index is 831. The van der Waals surface area contributed by atoms with Gasteiger partial charge in [-0.1, -0.05) is 35.9 Å². The summed E-state index contributed by atoms with van der Waals surface area (Å²) in [5.74, 6) is 0.109. The molecule has 2 amide bonds. The van der Waals surface area contributed by atoms with E-state index in [9.17, 15) is 9.59 Å². The third kappa shape index (κ3) is 3.45. The SMILES string of the molecule is O=C1CN(C2CN(C(=O)c3ccc(-c4cccc(Cl)c4)cc3)C2)CCN1. The maximum absolute atomic E-state index is 12.6. The zero-order valence-corrected chi connectivity index (χ0v) is 15.1. The minimum Gasteiger partial charge on any atom is -0.354 e. The number of carbonyl (C=O) groups is 2. The van der Waals surface area contributed by atoms with Crippen LogP contribution in [-0.4, -0.2) is 60.4 Å². The quantitative estimate of drug-likeness (QED) is 0.903. The van der Waals surface area contributed by atoms with Crippen molar-refractivity contribution >= 4 is 23.4 Å². The second-order valence-electron chi connectivity index (χ2n) is 6.77. The summed E-state index contributed by atoms with van der Waals surface area (Å²) in [6, 6.07) is 15.6. The summed E-state index contributed by atoms with van der Waals surface area (Å²) in [6.45, 7) is 3.34. The van der Waals surface area contributed by atoms with Gasteiger partial charge in [0.05, 0.1) is 6.54 Å². The first kappa shape index (κ1) is 17.1. The first-order chi connectivity index (χ1) is 12.6. The van der Waals surface area contributed by atoms with E-state index in [0.29, 0.717) is 36.8 Å². The topological polar surface area (TPSA) is 52.7 Å². The van der Waals surface area contributed by atoms with Crippen LogP contribution in [0.5, 0.6) is 0 Å². The van der Waals surface area contributed by atoms with E-state index in [1.165, 1.54) is 0 Å². The minimum absolute atomic E-state index is 0.0420. The summed E-state index contributed by atoms with van der Waals surface area (Å²) in [4.78, 5) is 28.1. The highest BCUT2D eigenvalue weighted by Crippen LogP contribution is 2.24. The van der Waals surface area contributed by atoms with Gasteiger partial charge in [0.25, 0.3) is 5.91 Å². The molecule has 1 N–H and O–H groups in total.